The molecule has 0 saturated carbocycles. The third-order valence-corrected chi connectivity index (χ3v) is 4.25. The van der Waals surface area contributed by atoms with Gasteiger partial charge in [-0.05, 0) is 32.1 Å². The number of nitrogens with one attached hydrogen (secondary N) is 1. The molecule has 0 bridgehead atoms. The van der Waals surface area contributed by atoms with Crippen LogP contribution in [0.1, 0.15) is 20.3 Å². The van der Waals surface area contributed by atoms with E-state index in [1.165, 1.54) is 11.8 Å². The van der Waals surface area contributed by atoms with E-state index in [9.17, 15) is 10.1 Å². The van der Waals surface area contributed by atoms with Crippen LogP contribution in [0.3, 0.4) is 0 Å². The molecule has 6 nitrogen and oxygen atoms in total. The van der Waals surface area contributed by atoms with Gasteiger partial charge in [-0.3, -0.25) is 15.0 Å². The van der Waals surface area contributed by atoms with Crippen molar-refractivity contribution in [1.29, 1.82) is 0 Å². The summed E-state index contributed by atoms with van der Waals surface area (Å²) in [4.78, 5) is 12.5. The molecule has 1 aliphatic heterocycles. The molecule has 1 heterocycles. The molecule has 0 radical (unpaired) electrons. The first-order chi connectivity index (χ1) is 9.56. The number of likely N-dealkylation sites (N-methyl/N-ethyl adjacent to an activating group) is 1. The summed E-state index contributed by atoms with van der Waals surface area (Å²) in [6.45, 7) is 8.75. The Kier molecular flexibility index (Phi) is 7.94. The normalized spacial score (nSPS) is 21.2. The van der Waals surface area contributed by atoms with Gasteiger partial charge in [0.2, 0.25) is 0 Å². The van der Waals surface area contributed by atoms with Gasteiger partial charge in [0, 0.05) is 25.7 Å². The molecule has 7 heteroatoms. The van der Waals surface area contributed by atoms with Crippen molar-refractivity contribution in [3.05, 3.63) is 21.3 Å². The average molecular weight is 303 g/mol. The molecule has 0 aromatic heterocycles. The minimum atomic E-state index is -0.420. The largest absolute Gasteiger partial charge is 0.381 e. The fraction of sp³-hybridized carbons (Fsp3) is 0.846. The Hall–Kier alpha value is -0.790. The number of hydrogen-bond acceptors (Lipinski definition) is 6. The van der Waals surface area contributed by atoms with Crippen LogP contribution in [0, 0.1) is 16.0 Å². The van der Waals surface area contributed by atoms with Crippen molar-refractivity contribution in [3.63, 3.8) is 0 Å². The zero-order valence-corrected chi connectivity index (χ0v) is 13.3. The Morgan fingerprint density at radius 1 is 1.70 bits per heavy atom. The van der Waals surface area contributed by atoms with Crippen molar-refractivity contribution in [1.82, 2.24) is 10.2 Å². The Morgan fingerprint density at radius 3 is 2.95 bits per heavy atom. The molecule has 1 rings (SSSR count). The predicted octanol–water partition coefficient (Wildman–Crippen LogP) is 1.76. The van der Waals surface area contributed by atoms with Crippen LogP contribution >= 0.6 is 11.8 Å². The lowest BCUT2D eigenvalue weighted by Gasteiger charge is -2.30. The van der Waals surface area contributed by atoms with Crippen molar-refractivity contribution in [2.45, 2.75) is 26.3 Å². The molecule has 1 N–H and O–H groups in total. The molecular formula is C13H25N3O3S. The molecule has 1 fully saturated rings. The van der Waals surface area contributed by atoms with E-state index < -0.39 is 4.92 Å². The first-order valence-corrected chi connectivity index (χ1v) is 8.24. The van der Waals surface area contributed by atoms with Crippen molar-refractivity contribution < 1.29 is 9.66 Å². The van der Waals surface area contributed by atoms with Crippen LogP contribution in [0.4, 0.5) is 0 Å². The minimum absolute atomic E-state index is 0.336. The lowest BCUT2D eigenvalue weighted by molar-refractivity contribution is -0.403. The molecule has 0 aliphatic carbocycles. The lowest BCUT2D eigenvalue weighted by atomic mass is 10.1. The van der Waals surface area contributed by atoms with Crippen LogP contribution in [0.5, 0.6) is 0 Å². The predicted molar refractivity (Wildman–Crippen MR) is 82.2 cm³/mol. The third-order valence-electron chi connectivity index (χ3n) is 3.56. The van der Waals surface area contributed by atoms with Gasteiger partial charge in [0.05, 0.1) is 11.5 Å². The summed E-state index contributed by atoms with van der Waals surface area (Å²) in [6.07, 6.45) is 3.99. The van der Waals surface area contributed by atoms with E-state index in [0.29, 0.717) is 23.5 Å². The minimum Gasteiger partial charge on any atom is -0.381 e. The highest BCUT2D eigenvalue weighted by atomic mass is 32.2. The Labute approximate surface area is 125 Å². The van der Waals surface area contributed by atoms with Gasteiger partial charge < -0.3 is 10.1 Å². The average Bonchev–Trinajstić information content (AvgIpc) is 2.92. The number of hydrogen-bond donors (Lipinski definition) is 1. The zero-order chi connectivity index (χ0) is 15.0. The maximum absolute atomic E-state index is 10.5. The first-order valence-electron chi connectivity index (χ1n) is 7.01. The first kappa shape index (κ1) is 17.3. The zero-order valence-electron chi connectivity index (χ0n) is 12.5. The third kappa shape index (κ3) is 6.11. The summed E-state index contributed by atoms with van der Waals surface area (Å²) >= 11 is 1.36. The molecule has 0 spiro atoms. The van der Waals surface area contributed by atoms with Gasteiger partial charge in [-0.1, -0.05) is 6.92 Å². The summed E-state index contributed by atoms with van der Waals surface area (Å²) in [5.74, 6) is 0.617. The van der Waals surface area contributed by atoms with E-state index in [4.69, 9.17) is 4.74 Å². The number of nitro groups is 1. The molecule has 116 valence electrons. The van der Waals surface area contributed by atoms with Gasteiger partial charge >= 0.3 is 0 Å². The molecular weight excluding hydrogens is 278 g/mol. The highest BCUT2D eigenvalue weighted by molar-refractivity contribution is 8.02. The smallest absolute Gasteiger partial charge is 0.263 e. The fourth-order valence-electron chi connectivity index (χ4n) is 2.32. The van der Waals surface area contributed by atoms with Gasteiger partial charge in [-0.15, -0.1) is 11.8 Å². The topological polar surface area (TPSA) is 67.6 Å². The van der Waals surface area contributed by atoms with E-state index in [-0.39, 0.29) is 0 Å². The Morgan fingerprint density at radius 2 is 2.45 bits per heavy atom. The molecule has 0 aromatic rings. The maximum atomic E-state index is 10.5. The van der Waals surface area contributed by atoms with E-state index >= 15 is 0 Å². The molecule has 1 aliphatic rings. The van der Waals surface area contributed by atoms with Gasteiger partial charge in [0.25, 0.3) is 6.20 Å². The van der Waals surface area contributed by atoms with E-state index in [0.717, 1.165) is 38.9 Å². The van der Waals surface area contributed by atoms with Crippen LogP contribution in [0.25, 0.3) is 0 Å². The summed E-state index contributed by atoms with van der Waals surface area (Å²) in [5, 5.41) is 14.2. The standard InChI is InChI=1S/C13H25N3O3S/c1-4-15(8-12-5-6-19-10-12)11(2)7-14-13(20-3)9-16(17)18/h9,11-12,14H,4-8,10H2,1-3H3. The molecule has 0 aromatic carbocycles. The van der Waals surface area contributed by atoms with Crippen LogP contribution in [-0.2, 0) is 4.74 Å². The summed E-state index contributed by atoms with van der Waals surface area (Å²) < 4.78 is 5.41. The summed E-state index contributed by atoms with van der Waals surface area (Å²) in [5.41, 5.74) is 0. The summed E-state index contributed by atoms with van der Waals surface area (Å²) in [7, 11) is 0. The number of ether oxygens (including phenoxy) is 1. The van der Waals surface area contributed by atoms with Gasteiger partial charge in [0.15, 0.2) is 0 Å². The fourth-order valence-corrected chi connectivity index (χ4v) is 2.74. The van der Waals surface area contributed by atoms with Crippen molar-refractivity contribution >= 4 is 11.8 Å². The van der Waals surface area contributed by atoms with Gasteiger partial charge in [-0.2, -0.15) is 0 Å². The van der Waals surface area contributed by atoms with Crippen LogP contribution in [0.2, 0.25) is 0 Å². The van der Waals surface area contributed by atoms with Gasteiger partial charge in [0.1, 0.15) is 5.03 Å². The lowest BCUT2D eigenvalue weighted by Crippen LogP contribution is -2.42. The van der Waals surface area contributed by atoms with Gasteiger partial charge in [-0.25, -0.2) is 0 Å². The second-order valence-corrected chi connectivity index (χ2v) is 5.88. The quantitative estimate of drug-likeness (QED) is 0.517. The Bertz CT molecular complexity index is 333. The van der Waals surface area contributed by atoms with Crippen molar-refractivity contribution in [2.24, 2.45) is 5.92 Å². The van der Waals surface area contributed by atoms with Crippen LogP contribution in [-0.4, -0.2) is 55.0 Å². The number of rotatable bonds is 9. The Balaban J connectivity index is 2.41. The highest BCUT2D eigenvalue weighted by Crippen LogP contribution is 2.15. The second-order valence-electron chi connectivity index (χ2n) is 5.03. The second kappa shape index (κ2) is 9.20. The van der Waals surface area contributed by atoms with Crippen molar-refractivity contribution in [2.75, 3.05) is 39.1 Å². The molecule has 20 heavy (non-hydrogen) atoms. The molecule has 2 unspecified atom stereocenters. The van der Waals surface area contributed by atoms with E-state index in [1.54, 1.807) is 0 Å². The van der Waals surface area contributed by atoms with Crippen LogP contribution < -0.4 is 5.32 Å². The van der Waals surface area contributed by atoms with Crippen LogP contribution in [0.15, 0.2) is 11.2 Å². The van der Waals surface area contributed by atoms with Crippen molar-refractivity contribution in [3.8, 4) is 0 Å². The SMILES string of the molecule is CCN(CC1CCOC1)C(C)CNC(=C[N+](=O)[O-])SC. The molecule has 1 saturated heterocycles. The van der Waals surface area contributed by atoms with E-state index in [2.05, 4.69) is 24.1 Å². The maximum Gasteiger partial charge on any atom is 0.263 e. The highest BCUT2D eigenvalue weighted by Gasteiger charge is 2.21. The number of thioether (sulfide) groups is 1. The monoisotopic (exact) mass is 303 g/mol. The summed E-state index contributed by atoms with van der Waals surface area (Å²) in [6, 6.07) is 0.336. The van der Waals surface area contributed by atoms with E-state index in [1.807, 2.05) is 6.26 Å². The molecule has 2 atom stereocenters. The number of nitrogens with zero attached hydrogens (tertiary/aromatic N) is 2. The molecule has 0 amide bonds.